The van der Waals surface area contributed by atoms with Gasteiger partial charge in [0.25, 0.3) is 5.91 Å². The molecule has 0 saturated heterocycles. The van der Waals surface area contributed by atoms with Crippen LogP contribution in [0.15, 0.2) is 41.8 Å². The molecular formula is C14H14N2O2S. The Morgan fingerprint density at radius 2 is 1.68 bits per heavy atom. The summed E-state index contributed by atoms with van der Waals surface area (Å²) < 4.78 is 0. The van der Waals surface area contributed by atoms with E-state index in [0.717, 1.165) is 5.69 Å². The van der Waals surface area contributed by atoms with Crippen molar-refractivity contribution in [2.24, 2.45) is 0 Å². The van der Waals surface area contributed by atoms with Crippen molar-refractivity contribution in [2.45, 2.75) is 13.3 Å². The maximum atomic E-state index is 11.8. The van der Waals surface area contributed by atoms with Crippen molar-refractivity contribution < 1.29 is 9.59 Å². The molecule has 1 aromatic carbocycles. The molecule has 0 aliphatic carbocycles. The van der Waals surface area contributed by atoms with Gasteiger partial charge in [0.05, 0.1) is 4.88 Å². The van der Waals surface area contributed by atoms with Gasteiger partial charge in [-0.3, -0.25) is 9.59 Å². The van der Waals surface area contributed by atoms with Gasteiger partial charge in [-0.05, 0) is 35.7 Å². The highest BCUT2D eigenvalue weighted by Crippen LogP contribution is 2.16. The Morgan fingerprint density at radius 3 is 2.21 bits per heavy atom. The molecule has 1 heterocycles. The molecular weight excluding hydrogens is 260 g/mol. The Bertz CT molecular complexity index is 562. The summed E-state index contributed by atoms with van der Waals surface area (Å²) in [6.07, 6.45) is 0.441. The molecule has 2 rings (SSSR count). The number of carbonyl (C=O) groups excluding carboxylic acids is 2. The second kappa shape index (κ2) is 6.15. The van der Waals surface area contributed by atoms with Gasteiger partial charge in [-0.15, -0.1) is 11.3 Å². The first-order valence-corrected chi connectivity index (χ1v) is 6.82. The van der Waals surface area contributed by atoms with Crippen molar-refractivity contribution in [3.05, 3.63) is 46.7 Å². The maximum Gasteiger partial charge on any atom is 0.265 e. The van der Waals surface area contributed by atoms with Gasteiger partial charge in [-0.1, -0.05) is 13.0 Å². The van der Waals surface area contributed by atoms with E-state index in [-0.39, 0.29) is 11.8 Å². The highest BCUT2D eigenvalue weighted by Gasteiger charge is 2.06. The van der Waals surface area contributed by atoms with E-state index in [2.05, 4.69) is 10.6 Å². The lowest BCUT2D eigenvalue weighted by atomic mass is 10.2. The summed E-state index contributed by atoms with van der Waals surface area (Å²) in [6.45, 7) is 1.80. The fourth-order valence-corrected chi connectivity index (χ4v) is 2.11. The van der Waals surface area contributed by atoms with E-state index in [4.69, 9.17) is 0 Å². The predicted molar refractivity (Wildman–Crippen MR) is 77.6 cm³/mol. The quantitative estimate of drug-likeness (QED) is 0.898. The third-order valence-electron chi connectivity index (χ3n) is 2.49. The van der Waals surface area contributed by atoms with E-state index in [0.29, 0.717) is 17.0 Å². The standard InChI is InChI=1S/C14H14N2O2S/c1-2-13(17)15-10-5-7-11(8-6-10)16-14(18)12-4-3-9-19-12/h3-9H,2H2,1H3,(H,15,17)(H,16,18). The van der Waals surface area contributed by atoms with Crippen LogP contribution in [0.1, 0.15) is 23.0 Å². The molecule has 0 saturated carbocycles. The van der Waals surface area contributed by atoms with Gasteiger partial charge in [0.1, 0.15) is 0 Å². The lowest BCUT2D eigenvalue weighted by Crippen LogP contribution is -2.11. The van der Waals surface area contributed by atoms with E-state index in [1.807, 2.05) is 11.4 Å². The van der Waals surface area contributed by atoms with Crippen LogP contribution in [0.4, 0.5) is 11.4 Å². The predicted octanol–water partition coefficient (Wildman–Crippen LogP) is 3.35. The first kappa shape index (κ1) is 13.3. The van der Waals surface area contributed by atoms with Crippen LogP contribution in [0.25, 0.3) is 0 Å². The normalized spacial score (nSPS) is 9.95. The zero-order valence-corrected chi connectivity index (χ0v) is 11.3. The van der Waals surface area contributed by atoms with Crippen molar-refractivity contribution in [2.75, 3.05) is 10.6 Å². The average Bonchev–Trinajstić information content (AvgIpc) is 2.95. The van der Waals surface area contributed by atoms with Gasteiger partial charge in [-0.2, -0.15) is 0 Å². The molecule has 19 heavy (non-hydrogen) atoms. The van der Waals surface area contributed by atoms with Crippen LogP contribution in [-0.2, 0) is 4.79 Å². The first-order valence-electron chi connectivity index (χ1n) is 5.94. The monoisotopic (exact) mass is 274 g/mol. The second-order valence-corrected chi connectivity index (χ2v) is 4.86. The highest BCUT2D eigenvalue weighted by atomic mass is 32.1. The van der Waals surface area contributed by atoms with Crippen molar-refractivity contribution in [1.29, 1.82) is 0 Å². The number of hydrogen-bond acceptors (Lipinski definition) is 3. The highest BCUT2D eigenvalue weighted by molar-refractivity contribution is 7.12. The molecule has 0 unspecified atom stereocenters. The average molecular weight is 274 g/mol. The van der Waals surface area contributed by atoms with Gasteiger partial charge in [0.2, 0.25) is 5.91 Å². The number of nitrogens with one attached hydrogen (secondary N) is 2. The second-order valence-electron chi connectivity index (χ2n) is 3.91. The van der Waals surface area contributed by atoms with Crippen LogP contribution in [0, 0.1) is 0 Å². The van der Waals surface area contributed by atoms with Crippen LogP contribution in [0.2, 0.25) is 0 Å². The molecule has 0 bridgehead atoms. The summed E-state index contributed by atoms with van der Waals surface area (Å²) in [5.74, 6) is -0.157. The van der Waals surface area contributed by atoms with Crippen LogP contribution in [0.5, 0.6) is 0 Å². The van der Waals surface area contributed by atoms with Crippen molar-refractivity contribution in [3.8, 4) is 0 Å². The third-order valence-corrected chi connectivity index (χ3v) is 3.36. The Balaban J connectivity index is 1.99. The van der Waals surface area contributed by atoms with Gasteiger partial charge in [0.15, 0.2) is 0 Å². The van der Waals surface area contributed by atoms with Crippen LogP contribution >= 0.6 is 11.3 Å². The Kier molecular flexibility index (Phi) is 4.30. The zero-order valence-electron chi connectivity index (χ0n) is 10.5. The Hall–Kier alpha value is -2.14. The van der Waals surface area contributed by atoms with Crippen LogP contribution < -0.4 is 10.6 Å². The fraction of sp³-hybridized carbons (Fsp3) is 0.143. The molecule has 0 spiro atoms. The Labute approximate surface area is 115 Å². The Morgan fingerprint density at radius 1 is 1.05 bits per heavy atom. The van der Waals surface area contributed by atoms with Crippen LogP contribution in [-0.4, -0.2) is 11.8 Å². The van der Waals surface area contributed by atoms with E-state index in [1.165, 1.54) is 11.3 Å². The van der Waals surface area contributed by atoms with Crippen LogP contribution in [0.3, 0.4) is 0 Å². The van der Waals surface area contributed by atoms with Gasteiger partial charge < -0.3 is 10.6 Å². The maximum absolute atomic E-state index is 11.8. The van der Waals surface area contributed by atoms with E-state index in [9.17, 15) is 9.59 Å². The molecule has 4 nitrogen and oxygen atoms in total. The van der Waals surface area contributed by atoms with Crippen molar-refractivity contribution in [3.63, 3.8) is 0 Å². The third kappa shape index (κ3) is 3.66. The molecule has 2 amide bonds. The number of anilines is 2. The SMILES string of the molecule is CCC(=O)Nc1ccc(NC(=O)c2cccs2)cc1. The number of benzene rings is 1. The minimum atomic E-state index is -0.125. The summed E-state index contributed by atoms with van der Waals surface area (Å²) >= 11 is 1.40. The molecule has 2 aromatic rings. The molecule has 98 valence electrons. The molecule has 5 heteroatoms. The minimum Gasteiger partial charge on any atom is -0.326 e. The molecule has 0 radical (unpaired) electrons. The topological polar surface area (TPSA) is 58.2 Å². The number of thiophene rings is 1. The fourth-order valence-electron chi connectivity index (χ4n) is 1.49. The molecule has 0 aliphatic heterocycles. The summed E-state index contributed by atoms with van der Waals surface area (Å²) in [4.78, 5) is 23.7. The number of hydrogen-bond donors (Lipinski definition) is 2. The molecule has 0 atom stereocenters. The van der Waals surface area contributed by atoms with Gasteiger partial charge in [0, 0.05) is 17.8 Å². The van der Waals surface area contributed by atoms with Gasteiger partial charge in [-0.25, -0.2) is 0 Å². The number of rotatable bonds is 4. The van der Waals surface area contributed by atoms with Crippen molar-refractivity contribution >= 4 is 34.5 Å². The smallest absolute Gasteiger partial charge is 0.265 e. The molecule has 1 aromatic heterocycles. The van der Waals surface area contributed by atoms with E-state index >= 15 is 0 Å². The van der Waals surface area contributed by atoms with Crippen molar-refractivity contribution in [1.82, 2.24) is 0 Å². The number of carbonyl (C=O) groups is 2. The lowest BCUT2D eigenvalue weighted by Gasteiger charge is -2.06. The van der Waals surface area contributed by atoms with E-state index in [1.54, 1.807) is 37.3 Å². The summed E-state index contributed by atoms with van der Waals surface area (Å²) in [6, 6.07) is 10.7. The lowest BCUT2D eigenvalue weighted by molar-refractivity contribution is -0.115. The number of amides is 2. The molecule has 0 fully saturated rings. The summed E-state index contributed by atoms with van der Waals surface area (Å²) in [5.41, 5.74) is 1.42. The minimum absolute atomic E-state index is 0.0321. The van der Waals surface area contributed by atoms with Gasteiger partial charge >= 0.3 is 0 Å². The molecule has 2 N–H and O–H groups in total. The largest absolute Gasteiger partial charge is 0.326 e. The zero-order chi connectivity index (χ0) is 13.7. The molecule has 0 aliphatic rings. The summed E-state index contributed by atoms with van der Waals surface area (Å²) in [5, 5.41) is 7.41. The summed E-state index contributed by atoms with van der Waals surface area (Å²) in [7, 11) is 0. The first-order chi connectivity index (χ1) is 9.19. The van der Waals surface area contributed by atoms with E-state index < -0.39 is 0 Å².